The lowest BCUT2D eigenvalue weighted by atomic mass is 10.1. The summed E-state index contributed by atoms with van der Waals surface area (Å²) in [5, 5.41) is 3.82. The van der Waals surface area contributed by atoms with Gasteiger partial charge in [-0.25, -0.2) is 18.6 Å². The van der Waals surface area contributed by atoms with Crippen molar-refractivity contribution in [2.45, 2.75) is 6.54 Å². The molecule has 0 spiro atoms. The largest absolute Gasteiger partial charge is 0.453 e. The quantitative estimate of drug-likeness (QED) is 0.853. The number of nitrogens with one attached hydrogen (secondary N) is 1. The summed E-state index contributed by atoms with van der Waals surface area (Å²) in [4.78, 5) is 16.5. The van der Waals surface area contributed by atoms with Crippen LogP contribution in [0.15, 0.2) is 42.5 Å². The van der Waals surface area contributed by atoms with Crippen LogP contribution in [0.25, 0.3) is 0 Å². The zero-order valence-electron chi connectivity index (χ0n) is 12.7. The van der Waals surface area contributed by atoms with Gasteiger partial charge < -0.3 is 4.74 Å². The van der Waals surface area contributed by atoms with Gasteiger partial charge >= 0.3 is 6.09 Å². The Bertz CT molecular complexity index is 695. The normalized spacial score (nSPS) is 10.3. The van der Waals surface area contributed by atoms with Gasteiger partial charge in [-0.2, -0.15) is 0 Å². The highest BCUT2D eigenvalue weighted by molar-refractivity contribution is 5.85. The molecule has 0 unspecified atom stereocenters. The van der Waals surface area contributed by atoms with E-state index >= 15 is 0 Å². The van der Waals surface area contributed by atoms with Crippen LogP contribution in [0.3, 0.4) is 0 Å². The molecule has 0 fully saturated rings. The van der Waals surface area contributed by atoms with E-state index in [4.69, 9.17) is 4.84 Å². The van der Waals surface area contributed by atoms with E-state index in [1.165, 1.54) is 25.3 Å². The van der Waals surface area contributed by atoms with Gasteiger partial charge in [0.15, 0.2) is 5.82 Å². The zero-order chi connectivity index (χ0) is 16.8. The molecule has 0 aliphatic carbocycles. The van der Waals surface area contributed by atoms with Crippen LogP contribution in [0.5, 0.6) is 0 Å². The number of rotatable bonds is 5. The number of halogens is 2. The van der Waals surface area contributed by atoms with Crippen LogP contribution in [-0.4, -0.2) is 20.3 Å². The number of hydrogen-bond donors (Lipinski definition) is 1. The SMILES string of the molecule is COC(=O)Nc1ccccc1CN(OC)c1ccc(F)cc1F. The summed E-state index contributed by atoms with van der Waals surface area (Å²) in [5.41, 5.74) is 1.26. The fourth-order valence-corrected chi connectivity index (χ4v) is 2.03. The van der Waals surface area contributed by atoms with Crippen LogP contribution >= 0.6 is 0 Å². The number of anilines is 2. The molecular formula is C16H16F2N2O3. The maximum Gasteiger partial charge on any atom is 0.411 e. The molecule has 0 saturated heterocycles. The fraction of sp³-hybridized carbons (Fsp3) is 0.188. The van der Waals surface area contributed by atoms with Crippen molar-refractivity contribution in [3.05, 3.63) is 59.7 Å². The molecule has 0 saturated carbocycles. The number of hydroxylamine groups is 1. The van der Waals surface area contributed by atoms with Gasteiger partial charge in [0.1, 0.15) is 5.82 Å². The molecule has 0 radical (unpaired) electrons. The molecule has 2 rings (SSSR count). The van der Waals surface area contributed by atoms with Crippen molar-refractivity contribution in [2.24, 2.45) is 0 Å². The Kier molecular flexibility index (Phi) is 5.48. The molecule has 1 amide bonds. The topological polar surface area (TPSA) is 50.8 Å². The zero-order valence-corrected chi connectivity index (χ0v) is 12.7. The van der Waals surface area contributed by atoms with E-state index in [0.29, 0.717) is 11.3 Å². The van der Waals surface area contributed by atoms with Gasteiger partial charge in [0.2, 0.25) is 0 Å². The van der Waals surface area contributed by atoms with Crippen molar-refractivity contribution in [3.63, 3.8) is 0 Å². The summed E-state index contributed by atoms with van der Waals surface area (Å²) in [6, 6.07) is 10.1. The predicted octanol–water partition coefficient (Wildman–Crippen LogP) is 3.71. The first-order valence-corrected chi connectivity index (χ1v) is 6.74. The Morgan fingerprint density at radius 2 is 1.91 bits per heavy atom. The smallest absolute Gasteiger partial charge is 0.411 e. The molecular weight excluding hydrogens is 306 g/mol. The van der Waals surface area contributed by atoms with Crippen LogP contribution < -0.4 is 10.4 Å². The predicted molar refractivity (Wildman–Crippen MR) is 82.0 cm³/mol. The number of amides is 1. The number of benzene rings is 2. The van der Waals surface area contributed by atoms with Gasteiger partial charge in [-0.15, -0.1) is 0 Å². The van der Waals surface area contributed by atoms with Crippen molar-refractivity contribution >= 4 is 17.5 Å². The summed E-state index contributed by atoms with van der Waals surface area (Å²) in [6.45, 7) is 0.138. The number of carbonyl (C=O) groups excluding carboxylic acids is 1. The molecule has 7 heteroatoms. The molecule has 2 aromatic rings. The third-order valence-corrected chi connectivity index (χ3v) is 3.15. The highest BCUT2D eigenvalue weighted by Crippen LogP contribution is 2.25. The lowest BCUT2D eigenvalue weighted by molar-refractivity contribution is 0.160. The lowest BCUT2D eigenvalue weighted by Gasteiger charge is -2.23. The minimum atomic E-state index is -0.745. The number of methoxy groups -OCH3 is 1. The van der Waals surface area contributed by atoms with E-state index in [1.807, 2.05) is 0 Å². The molecule has 0 bridgehead atoms. The maximum absolute atomic E-state index is 13.9. The molecule has 0 aliphatic heterocycles. The minimum Gasteiger partial charge on any atom is -0.453 e. The van der Waals surface area contributed by atoms with Crippen LogP contribution in [0.2, 0.25) is 0 Å². The Morgan fingerprint density at radius 3 is 2.57 bits per heavy atom. The van der Waals surface area contributed by atoms with Gasteiger partial charge in [0, 0.05) is 11.8 Å². The average molecular weight is 322 g/mol. The summed E-state index contributed by atoms with van der Waals surface area (Å²) >= 11 is 0. The van der Waals surface area contributed by atoms with Crippen molar-refractivity contribution in [1.29, 1.82) is 0 Å². The summed E-state index contributed by atoms with van der Waals surface area (Å²) in [5.74, 6) is -1.42. The monoisotopic (exact) mass is 322 g/mol. The van der Waals surface area contributed by atoms with Gasteiger partial charge in [-0.05, 0) is 23.8 Å². The average Bonchev–Trinajstić information content (AvgIpc) is 2.54. The Hall–Kier alpha value is -2.67. The fourth-order valence-electron chi connectivity index (χ4n) is 2.03. The van der Waals surface area contributed by atoms with E-state index in [9.17, 15) is 13.6 Å². The van der Waals surface area contributed by atoms with Crippen LogP contribution in [-0.2, 0) is 16.1 Å². The van der Waals surface area contributed by atoms with Crippen molar-refractivity contribution in [2.75, 3.05) is 24.6 Å². The summed E-state index contributed by atoms with van der Waals surface area (Å²) in [7, 11) is 2.63. The van der Waals surface area contributed by atoms with E-state index in [2.05, 4.69) is 10.1 Å². The molecule has 0 aromatic heterocycles. The van der Waals surface area contributed by atoms with E-state index < -0.39 is 17.7 Å². The Morgan fingerprint density at radius 1 is 1.17 bits per heavy atom. The first-order chi connectivity index (χ1) is 11.0. The van der Waals surface area contributed by atoms with E-state index in [-0.39, 0.29) is 12.2 Å². The van der Waals surface area contributed by atoms with Crippen molar-refractivity contribution in [1.82, 2.24) is 0 Å². The lowest BCUT2D eigenvalue weighted by Crippen LogP contribution is -2.23. The molecule has 122 valence electrons. The van der Waals surface area contributed by atoms with Gasteiger partial charge in [-0.3, -0.25) is 10.2 Å². The van der Waals surface area contributed by atoms with E-state index in [0.717, 1.165) is 12.1 Å². The van der Waals surface area contributed by atoms with Crippen LogP contribution in [0, 0.1) is 11.6 Å². The first-order valence-electron chi connectivity index (χ1n) is 6.74. The Balaban J connectivity index is 2.27. The Labute approximate surface area is 132 Å². The summed E-state index contributed by atoms with van der Waals surface area (Å²) < 4.78 is 31.5. The molecule has 0 heterocycles. The van der Waals surface area contributed by atoms with Crippen molar-refractivity contribution < 1.29 is 23.1 Å². The summed E-state index contributed by atoms with van der Waals surface area (Å²) in [6.07, 6.45) is -0.616. The third-order valence-electron chi connectivity index (χ3n) is 3.15. The second-order valence-corrected chi connectivity index (χ2v) is 4.59. The van der Waals surface area contributed by atoms with Crippen molar-refractivity contribution in [3.8, 4) is 0 Å². The first kappa shape index (κ1) is 16.7. The minimum absolute atomic E-state index is 0.0850. The van der Waals surface area contributed by atoms with Crippen LogP contribution in [0.1, 0.15) is 5.56 Å². The molecule has 1 N–H and O–H groups in total. The van der Waals surface area contributed by atoms with E-state index in [1.54, 1.807) is 24.3 Å². The second-order valence-electron chi connectivity index (χ2n) is 4.59. The van der Waals surface area contributed by atoms with Crippen LogP contribution in [0.4, 0.5) is 25.0 Å². The standard InChI is InChI=1S/C16H16F2N2O3/c1-22-16(21)19-14-6-4-3-5-11(14)10-20(23-2)15-8-7-12(17)9-13(15)18/h3-9H,10H2,1-2H3,(H,19,21). The highest BCUT2D eigenvalue weighted by Gasteiger charge is 2.15. The molecule has 0 aliphatic rings. The second kappa shape index (κ2) is 7.55. The highest BCUT2D eigenvalue weighted by atomic mass is 19.1. The molecule has 0 atom stereocenters. The van der Waals surface area contributed by atoms with Gasteiger partial charge in [0.25, 0.3) is 0 Å². The molecule has 5 nitrogen and oxygen atoms in total. The number of hydrogen-bond acceptors (Lipinski definition) is 4. The number of nitrogens with zero attached hydrogens (tertiary/aromatic N) is 1. The van der Waals surface area contributed by atoms with Gasteiger partial charge in [0.05, 0.1) is 26.5 Å². The third kappa shape index (κ3) is 4.17. The number of ether oxygens (including phenoxy) is 1. The molecule has 2 aromatic carbocycles. The number of carbonyl (C=O) groups is 1. The maximum atomic E-state index is 13.9. The number of para-hydroxylation sites is 1. The van der Waals surface area contributed by atoms with Gasteiger partial charge in [-0.1, -0.05) is 18.2 Å². The molecule has 23 heavy (non-hydrogen) atoms.